The van der Waals surface area contributed by atoms with Crippen molar-refractivity contribution < 1.29 is 0 Å². The van der Waals surface area contributed by atoms with Gasteiger partial charge in [-0.15, -0.1) is 11.8 Å². The molecule has 0 saturated heterocycles. The number of thioether (sulfide) groups is 1. The predicted molar refractivity (Wildman–Crippen MR) is 77.6 cm³/mol. The molecule has 1 aliphatic carbocycles. The monoisotopic (exact) mass is 248 g/mol. The maximum absolute atomic E-state index is 2.48. The van der Waals surface area contributed by atoms with Crippen LogP contribution in [-0.4, -0.2) is 5.75 Å². The van der Waals surface area contributed by atoms with Crippen LogP contribution in [0.5, 0.6) is 0 Å². The second kappa shape index (κ2) is 4.68. The summed E-state index contributed by atoms with van der Waals surface area (Å²) < 4.78 is 0. The normalized spacial score (nSPS) is 27.3. The fourth-order valence-electron chi connectivity index (χ4n) is 2.78. The number of benzene rings is 1. The van der Waals surface area contributed by atoms with Gasteiger partial charge in [0.1, 0.15) is 0 Å². The van der Waals surface area contributed by atoms with Gasteiger partial charge in [0.25, 0.3) is 0 Å². The molecule has 2 rings (SSSR count). The molecule has 0 aromatic heterocycles. The number of hydrogen-bond acceptors (Lipinski definition) is 1. The van der Waals surface area contributed by atoms with Gasteiger partial charge in [-0.25, -0.2) is 0 Å². The molecular formula is C16H24S. The van der Waals surface area contributed by atoms with Gasteiger partial charge in [-0.2, -0.15) is 0 Å². The van der Waals surface area contributed by atoms with Crippen molar-refractivity contribution in [2.75, 3.05) is 5.75 Å². The highest BCUT2D eigenvalue weighted by atomic mass is 32.2. The second-order valence-corrected chi connectivity index (χ2v) is 7.37. The number of aryl methyl sites for hydroxylation is 1. The van der Waals surface area contributed by atoms with E-state index in [9.17, 15) is 0 Å². The molecule has 0 radical (unpaired) electrons. The summed E-state index contributed by atoms with van der Waals surface area (Å²) in [4.78, 5) is 1.46. The summed E-state index contributed by atoms with van der Waals surface area (Å²) in [7, 11) is 0. The molecule has 0 amide bonds. The first kappa shape index (κ1) is 13.0. The van der Waals surface area contributed by atoms with Crippen molar-refractivity contribution in [3.63, 3.8) is 0 Å². The fraction of sp³-hybridized carbons (Fsp3) is 0.625. The van der Waals surface area contributed by atoms with Crippen molar-refractivity contribution in [2.45, 2.75) is 51.9 Å². The molecule has 1 saturated carbocycles. The van der Waals surface area contributed by atoms with Crippen molar-refractivity contribution in [3.05, 3.63) is 29.8 Å². The van der Waals surface area contributed by atoms with E-state index in [0.717, 1.165) is 0 Å². The molecule has 0 N–H and O–H groups in total. The molecule has 94 valence electrons. The quantitative estimate of drug-likeness (QED) is 0.654. The first-order valence-electron chi connectivity index (χ1n) is 6.63. The Labute approximate surface area is 110 Å². The van der Waals surface area contributed by atoms with Gasteiger partial charge in [-0.1, -0.05) is 45.4 Å². The lowest BCUT2D eigenvalue weighted by atomic mass is 9.71. The molecule has 1 aromatic rings. The zero-order valence-corrected chi connectivity index (χ0v) is 12.4. The molecule has 1 aliphatic rings. The molecule has 1 heteroatoms. The van der Waals surface area contributed by atoms with E-state index in [1.54, 1.807) is 0 Å². The SMILES string of the molecule is Cc1ccccc1SC[C@]1(C)CCCC1(C)C. The highest BCUT2D eigenvalue weighted by molar-refractivity contribution is 7.99. The fourth-order valence-corrected chi connectivity index (χ4v) is 4.26. The van der Waals surface area contributed by atoms with Gasteiger partial charge in [-0.05, 0) is 42.2 Å². The lowest BCUT2D eigenvalue weighted by molar-refractivity contribution is 0.162. The Morgan fingerprint density at radius 3 is 2.41 bits per heavy atom. The Hall–Kier alpha value is -0.430. The van der Waals surface area contributed by atoms with Crippen molar-refractivity contribution in [1.29, 1.82) is 0 Å². The zero-order chi connectivity index (χ0) is 12.5. The van der Waals surface area contributed by atoms with E-state index in [4.69, 9.17) is 0 Å². The minimum absolute atomic E-state index is 0.500. The van der Waals surface area contributed by atoms with Gasteiger partial charge in [0.15, 0.2) is 0 Å². The summed E-state index contributed by atoms with van der Waals surface area (Å²) in [6.45, 7) is 9.58. The Morgan fingerprint density at radius 1 is 1.12 bits per heavy atom. The summed E-state index contributed by atoms with van der Waals surface area (Å²) in [5, 5.41) is 0. The molecule has 1 atom stereocenters. The third-order valence-electron chi connectivity index (χ3n) is 4.80. The topological polar surface area (TPSA) is 0 Å². The summed E-state index contributed by atoms with van der Waals surface area (Å²) in [5.41, 5.74) is 2.42. The van der Waals surface area contributed by atoms with Crippen molar-refractivity contribution in [3.8, 4) is 0 Å². The van der Waals surface area contributed by atoms with Gasteiger partial charge in [0, 0.05) is 10.6 Å². The molecular weight excluding hydrogens is 224 g/mol. The first-order valence-corrected chi connectivity index (χ1v) is 7.62. The highest BCUT2D eigenvalue weighted by Gasteiger charge is 2.44. The third kappa shape index (κ3) is 2.54. The van der Waals surface area contributed by atoms with Crippen LogP contribution in [0.15, 0.2) is 29.2 Å². The van der Waals surface area contributed by atoms with Crippen LogP contribution in [0.25, 0.3) is 0 Å². The van der Waals surface area contributed by atoms with Gasteiger partial charge < -0.3 is 0 Å². The summed E-state index contributed by atoms with van der Waals surface area (Å²) in [5.74, 6) is 1.25. The van der Waals surface area contributed by atoms with Crippen molar-refractivity contribution >= 4 is 11.8 Å². The lowest BCUT2D eigenvalue weighted by Gasteiger charge is -2.38. The first-order chi connectivity index (χ1) is 7.95. The maximum Gasteiger partial charge on any atom is 0.0101 e. The minimum atomic E-state index is 0.500. The van der Waals surface area contributed by atoms with E-state index < -0.39 is 0 Å². The van der Waals surface area contributed by atoms with E-state index in [0.29, 0.717) is 10.8 Å². The van der Waals surface area contributed by atoms with Crippen LogP contribution in [0.3, 0.4) is 0 Å². The van der Waals surface area contributed by atoms with Crippen molar-refractivity contribution in [1.82, 2.24) is 0 Å². The summed E-state index contributed by atoms with van der Waals surface area (Å²) in [6, 6.07) is 8.74. The Kier molecular flexibility index (Phi) is 3.58. The average molecular weight is 248 g/mol. The van der Waals surface area contributed by atoms with E-state index in [-0.39, 0.29) is 0 Å². The van der Waals surface area contributed by atoms with Gasteiger partial charge >= 0.3 is 0 Å². The summed E-state index contributed by atoms with van der Waals surface area (Å²) in [6.07, 6.45) is 4.18. The van der Waals surface area contributed by atoms with E-state index in [2.05, 4.69) is 52.0 Å². The summed E-state index contributed by atoms with van der Waals surface area (Å²) >= 11 is 2.05. The lowest BCUT2D eigenvalue weighted by Crippen LogP contribution is -2.31. The Bertz CT molecular complexity index is 394. The molecule has 0 unspecified atom stereocenters. The average Bonchev–Trinajstić information content (AvgIpc) is 2.53. The third-order valence-corrected chi connectivity index (χ3v) is 6.35. The molecule has 1 aromatic carbocycles. The minimum Gasteiger partial charge on any atom is -0.125 e. The van der Waals surface area contributed by atoms with Crippen LogP contribution in [-0.2, 0) is 0 Å². The van der Waals surface area contributed by atoms with Crippen molar-refractivity contribution in [2.24, 2.45) is 10.8 Å². The van der Waals surface area contributed by atoms with Crippen LogP contribution < -0.4 is 0 Å². The van der Waals surface area contributed by atoms with E-state index >= 15 is 0 Å². The zero-order valence-electron chi connectivity index (χ0n) is 11.5. The number of hydrogen-bond donors (Lipinski definition) is 0. The van der Waals surface area contributed by atoms with Crippen LogP contribution in [0.2, 0.25) is 0 Å². The molecule has 17 heavy (non-hydrogen) atoms. The highest BCUT2D eigenvalue weighted by Crippen LogP contribution is 2.54. The standard InChI is InChI=1S/C16H24S/c1-13-8-5-6-9-14(13)17-12-16(4)11-7-10-15(16,2)3/h5-6,8-9H,7,10-12H2,1-4H3/t16-/m0/s1. The molecule has 0 heterocycles. The Balaban J connectivity index is 2.06. The van der Waals surface area contributed by atoms with Crippen LogP contribution in [0.4, 0.5) is 0 Å². The van der Waals surface area contributed by atoms with Gasteiger partial charge in [-0.3, -0.25) is 0 Å². The van der Waals surface area contributed by atoms with Gasteiger partial charge in [0.05, 0.1) is 0 Å². The van der Waals surface area contributed by atoms with Crippen LogP contribution >= 0.6 is 11.8 Å². The molecule has 0 spiro atoms. The molecule has 0 aliphatic heterocycles. The molecule has 1 fully saturated rings. The maximum atomic E-state index is 2.48. The molecule has 0 nitrogen and oxygen atoms in total. The largest absolute Gasteiger partial charge is 0.125 e. The smallest absolute Gasteiger partial charge is 0.0101 e. The predicted octanol–water partition coefficient (Wildman–Crippen LogP) is 5.30. The number of rotatable bonds is 3. The second-order valence-electron chi connectivity index (χ2n) is 6.35. The van der Waals surface area contributed by atoms with Crippen LogP contribution in [0, 0.1) is 17.8 Å². The van der Waals surface area contributed by atoms with E-state index in [1.807, 2.05) is 11.8 Å². The van der Waals surface area contributed by atoms with E-state index in [1.165, 1.54) is 35.5 Å². The molecule has 0 bridgehead atoms. The van der Waals surface area contributed by atoms with Gasteiger partial charge in [0.2, 0.25) is 0 Å². The Morgan fingerprint density at radius 2 is 1.82 bits per heavy atom. The van der Waals surface area contributed by atoms with Crippen LogP contribution in [0.1, 0.15) is 45.6 Å².